The van der Waals surface area contributed by atoms with Crippen molar-refractivity contribution in [2.75, 3.05) is 19.7 Å². The largest absolute Gasteiger partial charge is 0.494 e. The molecule has 8 nitrogen and oxygen atoms in total. The third-order valence-corrected chi connectivity index (χ3v) is 5.23. The summed E-state index contributed by atoms with van der Waals surface area (Å²) in [7, 11) is 0. The maximum absolute atomic E-state index is 12.4. The van der Waals surface area contributed by atoms with Crippen LogP contribution in [0.3, 0.4) is 0 Å². The predicted molar refractivity (Wildman–Crippen MR) is 109 cm³/mol. The van der Waals surface area contributed by atoms with E-state index in [0.717, 1.165) is 43.0 Å². The van der Waals surface area contributed by atoms with E-state index in [2.05, 4.69) is 20.4 Å². The van der Waals surface area contributed by atoms with Gasteiger partial charge in [-0.15, -0.1) is 0 Å². The molecule has 4 rings (SSSR count). The number of benzene rings is 1. The summed E-state index contributed by atoms with van der Waals surface area (Å²) in [4.78, 5) is 19.1. The Hall–Kier alpha value is -3.13. The summed E-state index contributed by atoms with van der Waals surface area (Å²) in [5.41, 5.74) is 0.889. The van der Waals surface area contributed by atoms with E-state index >= 15 is 0 Å². The molecule has 1 fully saturated rings. The molecular formula is C22H26N4O4. The van der Waals surface area contributed by atoms with Crippen molar-refractivity contribution in [2.45, 2.75) is 32.9 Å². The second-order valence-corrected chi connectivity index (χ2v) is 7.32. The van der Waals surface area contributed by atoms with E-state index in [1.165, 1.54) is 0 Å². The van der Waals surface area contributed by atoms with E-state index in [9.17, 15) is 4.79 Å². The number of rotatable bonds is 8. The zero-order valence-electron chi connectivity index (χ0n) is 17.0. The number of hydrogen-bond donors (Lipinski definition) is 1. The van der Waals surface area contributed by atoms with Crippen LogP contribution < -0.4 is 10.1 Å². The molecule has 30 heavy (non-hydrogen) atoms. The SMILES string of the molecule is CCOc1ccc(-c2noc(CN3CCC(C(=O)NCc4ccco4)CC3)n2)cc1. The number of nitrogens with one attached hydrogen (secondary N) is 1. The number of amides is 1. The molecule has 0 aliphatic carbocycles. The van der Waals surface area contributed by atoms with Crippen molar-refractivity contribution >= 4 is 5.91 Å². The molecule has 1 N–H and O–H groups in total. The first kappa shape index (κ1) is 20.2. The van der Waals surface area contributed by atoms with Crippen molar-refractivity contribution in [3.8, 4) is 17.1 Å². The Balaban J connectivity index is 1.24. The molecular weight excluding hydrogens is 384 g/mol. The molecule has 3 heterocycles. The van der Waals surface area contributed by atoms with Crippen LogP contribution in [0, 0.1) is 5.92 Å². The Kier molecular flexibility index (Phi) is 6.44. The van der Waals surface area contributed by atoms with Crippen LogP contribution in [0.25, 0.3) is 11.4 Å². The number of ether oxygens (including phenoxy) is 1. The minimum absolute atomic E-state index is 0.0262. The summed E-state index contributed by atoms with van der Waals surface area (Å²) in [6.07, 6.45) is 3.23. The predicted octanol–water partition coefficient (Wildman–Crippen LogP) is 3.26. The Labute approximate surface area is 175 Å². The molecule has 0 unspecified atom stereocenters. The van der Waals surface area contributed by atoms with Crippen LogP contribution in [-0.2, 0) is 17.9 Å². The summed E-state index contributed by atoms with van der Waals surface area (Å²) in [5, 5.41) is 7.04. The zero-order valence-corrected chi connectivity index (χ0v) is 17.0. The first-order valence-electron chi connectivity index (χ1n) is 10.3. The monoisotopic (exact) mass is 410 g/mol. The number of carbonyl (C=O) groups is 1. The van der Waals surface area contributed by atoms with Crippen LogP contribution in [0.15, 0.2) is 51.6 Å². The molecule has 1 aliphatic heterocycles. The minimum atomic E-state index is 0.0262. The highest BCUT2D eigenvalue weighted by atomic mass is 16.5. The lowest BCUT2D eigenvalue weighted by molar-refractivity contribution is -0.126. The molecule has 0 saturated carbocycles. The van der Waals surface area contributed by atoms with E-state index in [1.807, 2.05) is 43.3 Å². The summed E-state index contributed by atoms with van der Waals surface area (Å²) < 4.78 is 16.1. The molecule has 3 aromatic rings. The van der Waals surface area contributed by atoms with Crippen LogP contribution in [0.5, 0.6) is 5.75 Å². The lowest BCUT2D eigenvalue weighted by Crippen LogP contribution is -2.40. The van der Waals surface area contributed by atoms with Gasteiger partial charge in [-0.2, -0.15) is 4.98 Å². The quantitative estimate of drug-likeness (QED) is 0.609. The maximum atomic E-state index is 12.4. The van der Waals surface area contributed by atoms with E-state index < -0.39 is 0 Å². The molecule has 158 valence electrons. The normalized spacial score (nSPS) is 15.2. The van der Waals surface area contributed by atoms with Gasteiger partial charge in [0.1, 0.15) is 11.5 Å². The first-order valence-corrected chi connectivity index (χ1v) is 10.3. The van der Waals surface area contributed by atoms with Crippen molar-refractivity contribution in [3.05, 3.63) is 54.3 Å². The van der Waals surface area contributed by atoms with Crippen LogP contribution in [0.2, 0.25) is 0 Å². The fourth-order valence-corrected chi connectivity index (χ4v) is 3.58. The molecule has 0 radical (unpaired) electrons. The van der Waals surface area contributed by atoms with Crippen molar-refractivity contribution in [3.63, 3.8) is 0 Å². The van der Waals surface area contributed by atoms with Gasteiger partial charge in [0.2, 0.25) is 17.6 Å². The second-order valence-electron chi connectivity index (χ2n) is 7.32. The zero-order chi connectivity index (χ0) is 20.8. The van der Waals surface area contributed by atoms with Gasteiger partial charge < -0.3 is 19.0 Å². The van der Waals surface area contributed by atoms with Crippen LogP contribution in [0.4, 0.5) is 0 Å². The van der Waals surface area contributed by atoms with Gasteiger partial charge in [-0.25, -0.2) is 0 Å². The first-order chi connectivity index (χ1) is 14.7. The van der Waals surface area contributed by atoms with Gasteiger partial charge in [0.15, 0.2) is 0 Å². The molecule has 0 spiro atoms. The Morgan fingerprint density at radius 3 is 2.73 bits per heavy atom. The lowest BCUT2D eigenvalue weighted by atomic mass is 9.96. The van der Waals surface area contributed by atoms with E-state index in [0.29, 0.717) is 31.4 Å². The van der Waals surface area contributed by atoms with Crippen molar-refractivity contribution in [1.29, 1.82) is 0 Å². The molecule has 8 heteroatoms. The topological polar surface area (TPSA) is 93.6 Å². The number of aromatic nitrogens is 2. The summed E-state index contributed by atoms with van der Waals surface area (Å²) in [6, 6.07) is 11.3. The lowest BCUT2D eigenvalue weighted by Gasteiger charge is -2.30. The summed E-state index contributed by atoms with van der Waals surface area (Å²) in [5.74, 6) is 2.85. The van der Waals surface area contributed by atoms with Crippen LogP contribution in [0.1, 0.15) is 31.4 Å². The standard InChI is InChI=1S/C22H26N4O4/c1-2-28-18-7-5-16(6-8-18)21-24-20(30-25-21)15-26-11-9-17(10-12-26)22(27)23-14-19-4-3-13-29-19/h3-8,13,17H,2,9-12,14-15H2,1H3,(H,23,27). The van der Waals surface area contributed by atoms with Gasteiger partial charge in [-0.05, 0) is 69.3 Å². The van der Waals surface area contributed by atoms with Gasteiger partial charge >= 0.3 is 0 Å². The number of likely N-dealkylation sites (tertiary alicyclic amines) is 1. The third kappa shape index (κ3) is 5.07. The molecule has 1 aromatic carbocycles. The van der Waals surface area contributed by atoms with E-state index in [-0.39, 0.29) is 11.8 Å². The summed E-state index contributed by atoms with van der Waals surface area (Å²) in [6.45, 7) is 5.25. The van der Waals surface area contributed by atoms with Gasteiger partial charge in [-0.1, -0.05) is 5.16 Å². The molecule has 0 atom stereocenters. The van der Waals surface area contributed by atoms with Gasteiger partial charge in [0, 0.05) is 11.5 Å². The summed E-state index contributed by atoms with van der Waals surface area (Å²) >= 11 is 0. The maximum Gasteiger partial charge on any atom is 0.241 e. The fraction of sp³-hybridized carbons (Fsp3) is 0.409. The van der Waals surface area contributed by atoms with Gasteiger partial charge in [-0.3, -0.25) is 9.69 Å². The van der Waals surface area contributed by atoms with Crippen molar-refractivity contribution in [1.82, 2.24) is 20.4 Å². The molecule has 0 bridgehead atoms. The van der Waals surface area contributed by atoms with Crippen LogP contribution in [-0.4, -0.2) is 40.6 Å². The molecule has 1 amide bonds. The highest BCUT2D eigenvalue weighted by Crippen LogP contribution is 2.22. The van der Waals surface area contributed by atoms with Crippen molar-refractivity contribution in [2.24, 2.45) is 5.92 Å². The Bertz CT molecular complexity index is 928. The fourth-order valence-electron chi connectivity index (χ4n) is 3.58. The smallest absolute Gasteiger partial charge is 0.241 e. The number of carbonyl (C=O) groups excluding carboxylic acids is 1. The van der Waals surface area contributed by atoms with E-state index in [4.69, 9.17) is 13.7 Å². The average Bonchev–Trinajstić information content (AvgIpc) is 3.46. The minimum Gasteiger partial charge on any atom is -0.494 e. The highest BCUT2D eigenvalue weighted by Gasteiger charge is 2.26. The Morgan fingerprint density at radius 1 is 1.23 bits per heavy atom. The van der Waals surface area contributed by atoms with E-state index in [1.54, 1.807) is 6.26 Å². The number of nitrogens with zero attached hydrogens (tertiary/aromatic N) is 3. The van der Waals surface area contributed by atoms with Crippen LogP contribution >= 0.6 is 0 Å². The highest BCUT2D eigenvalue weighted by molar-refractivity contribution is 5.78. The number of hydrogen-bond acceptors (Lipinski definition) is 7. The molecule has 1 saturated heterocycles. The van der Waals surface area contributed by atoms with Gasteiger partial charge in [0.05, 0.1) is 26.0 Å². The van der Waals surface area contributed by atoms with Gasteiger partial charge in [0.25, 0.3) is 0 Å². The third-order valence-electron chi connectivity index (χ3n) is 5.23. The molecule has 2 aromatic heterocycles. The Morgan fingerprint density at radius 2 is 2.03 bits per heavy atom. The van der Waals surface area contributed by atoms with Crippen molar-refractivity contribution < 1.29 is 18.5 Å². The second kappa shape index (κ2) is 9.58. The average molecular weight is 410 g/mol. The number of furan rings is 1. The molecule has 1 aliphatic rings. The number of piperidine rings is 1.